The van der Waals surface area contributed by atoms with Crippen LogP contribution in [0.15, 0.2) is 60.7 Å². The minimum absolute atomic E-state index is 0.246. The molecular weight excluding hydrogens is 405 g/mol. The molecule has 0 aliphatic heterocycles. The van der Waals surface area contributed by atoms with Gasteiger partial charge in [-0.25, -0.2) is 9.37 Å². The molecule has 0 saturated heterocycles. The summed E-state index contributed by atoms with van der Waals surface area (Å²) in [6.07, 6.45) is 2.12. The van der Waals surface area contributed by atoms with Gasteiger partial charge in [-0.05, 0) is 62.6 Å². The number of benzene rings is 3. The van der Waals surface area contributed by atoms with E-state index in [0.717, 1.165) is 35.3 Å². The number of hydrogen-bond acceptors (Lipinski definition) is 3. The maximum Gasteiger partial charge on any atom is 0.259 e. The molecule has 1 amide bonds. The molecule has 1 N–H and O–H groups in total. The molecular formula is C26H24FN3O2. The van der Waals surface area contributed by atoms with Gasteiger partial charge in [0.15, 0.2) is 0 Å². The third kappa shape index (κ3) is 3.62. The number of imidazole rings is 1. The Kier molecular flexibility index (Phi) is 5.13. The zero-order valence-electron chi connectivity index (χ0n) is 18.1. The Hall–Kier alpha value is -3.67. The molecule has 0 spiro atoms. The highest BCUT2D eigenvalue weighted by Gasteiger charge is 2.30. The van der Waals surface area contributed by atoms with E-state index in [0.29, 0.717) is 35.2 Å². The number of aryl methyl sites for hydroxylation is 1. The maximum atomic E-state index is 13.9. The number of rotatable bonds is 6. The maximum absolute atomic E-state index is 13.9. The molecule has 162 valence electrons. The van der Waals surface area contributed by atoms with Crippen molar-refractivity contribution in [2.45, 2.75) is 32.7 Å². The minimum atomic E-state index is -0.310. The summed E-state index contributed by atoms with van der Waals surface area (Å²) < 4.78 is 21.7. The van der Waals surface area contributed by atoms with E-state index in [9.17, 15) is 9.18 Å². The lowest BCUT2D eigenvalue weighted by Gasteiger charge is -2.16. The van der Waals surface area contributed by atoms with Gasteiger partial charge in [-0.3, -0.25) is 4.79 Å². The number of aromatic nitrogens is 2. The first-order valence-electron chi connectivity index (χ1n) is 10.9. The molecule has 1 fully saturated rings. The molecule has 4 aromatic rings. The summed E-state index contributed by atoms with van der Waals surface area (Å²) in [5, 5.41) is 3.09. The average Bonchev–Trinajstić information content (AvgIpc) is 3.55. The van der Waals surface area contributed by atoms with E-state index in [1.807, 2.05) is 44.2 Å². The van der Waals surface area contributed by atoms with E-state index >= 15 is 0 Å². The molecule has 0 unspecified atom stereocenters. The average molecular weight is 429 g/mol. The number of hydrogen-bond donors (Lipinski definition) is 1. The molecule has 1 heterocycles. The number of carbonyl (C=O) groups is 1. The van der Waals surface area contributed by atoms with Crippen molar-refractivity contribution in [3.05, 3.63) is 77.6 Å². The van der Waals surface area contributed by atoms with Crippen molar-refractivity contribution in [3.8, 4) is 17.1 Å². The van der Waals surface area contributed by atoms with Gasteiger partial charge in [-0.2, -0.15) is 0 Å². The predicted molar refractivity (Wildman–Crippen MR) is 124 cm³/mol. The first-order chi connectivity index (χ1) is 15.6. The second-order valence-corrected chi connectivity index (χ2v) is 8.05. The number of para-hydroxylation sites is 2. The fourth-order valence-electron chi connectivity index (χ4n) is 4.10. The molecule has 6 heteroatoms. The zero-order chi connectivity index (χ0) is 22.2. The van der Waals surface area contributed by atoms with E-state index < -0.39 is 0 Å². The van der Waals surface area contributed by atoms with Crippen LogP contribution in [0.5, 0.6) is 5.75 Å². The van der Waals surface area contributed by atoms with E-state index in [2.05, 4.69) is 9.88 Å². The lowest BCUT2D eigenvalue weighted by Crippen LogP contribution is -2.15. The Morgan fingerprint density at radius 1 is 1.16 bits per heavy atom. The van der Waals surface area contributed by atoms with E-state index in [1.165, 1.54) is 12.1 Å². The molecule has 5 nitrogen and oxygen atoms in total. The Balaban J connectivity index is 1.61. The minimum Gasteiger partial charge on any atom is -0.493 e. The van der Waals surface area contributed by atoms with Crippen molar-refractivity contribution in [1.29, 1.82) is 0 Å². The van der Waals surface area contributed by atoms with Crippen LogP contribution in [0.3, 0.4) is 0 Å². The van der Waals surface area contributed by atoms with E-state index in [1.54, 1.807) is 18.2 Å². The van der Waals surface area contributed by atoms with Crippen LogP contribution in [0.1, 0.15) is 41.7 Å². The lowest BCUT2D eigenvalue weighted by molar-refractivity contribution is 0.102. The summed E-state index contributed by atoms with van der Waals surface area (Å²) in [7, 11) is 0. The fourth-order valence-corrected chi connectivity index (χ4v) is 4.10. The van der Waals surface area contributed by atoms with Gasteiger partial charge in [0.05, 0.1) is 28.9 Å². The van der Waals surface area contributed by atoms with Gasteiger partial charge in [-0.1, -0.05) is 24.3 Å². The van der Waals surface area contributed by atoms with Gasteiger partial charge in [0.1, 0.15) is 17.4 Å². The summed E-state index contributed by atoms with van der Waals surface area (Å²) in [5.74, 6) is 0.730. The van der Waals surface area contributed by atoms with E-state index in [-0.39, 0.29) is 11.7 Å². The molecule has 1 aromatic heterocycles. The molecule has 1 aliphatic carbocycles. The molecule has 1 saturated carbocycles. The Labute approximate surface area is 185 Å². The molecule has 5 rings (SSSR count). The summed E-state index contributed by atoms with van der Waals surface area (Å²) in [4.78, 5) is 18.0. The van der Waals surface area contributed by atoms with Gasteiger partial charge >= 0.3 is 0 Å². The van der Waals surface area contributed by atoms with Gasteiger partial charge < -0.3 is 14.6 Å². The second kappa shape index (κ2) is 8.11. The van der Waals surface area contributed by atoms with Crippen molar-refractivity contribution in [2.75, 3.05) is 11.9 Å². The van der Waals surface area contributed by atoms with Gasteiger partial charge in [-0.15, -0.1) is 0 Å². The van der Waals surface area contributed by atoms with Gasteiger partial charge in [0.2, 0.25) is 0 Å². The SMILES string of the molecule is CCOc1ccccc1C(=O)Nc1c(C)cccc1-c1nc2cc(F)ccc2n1C1CC1. The van der Waals surface area contributed by atoms with Crippen LogP contribution >= 0.6 is 0 Å². The first-order valence-corrected chi connectivity index (χ1v) is 10.9. The normalized spacial score (nSPS) is 13.3. The largest absolute Gasteiger partial charge is 0.493 e. The Morgan fingerprint density at radius 3 is 2.75 bits per heavy atom. The number of halogens is 1. The van der Waals surface area contributed by atoms with Gasteiger partial charge in [0, 0.05) is 17.7 Å². The number of nitrogens with zero attached hydrogens (tertiary/aromatic N) is 2. The molecule has 3 aromatic carbocycles. The van der Waals surface area contributed by atoms with E-state index in [4.69, 9.17) is 9.72 Å². The van der Waals surface area contributed by atoms with Crippen molar-refractivity contribution >= 4 is 22.6 Å². The number of carbonyl (C=O) groups excluding carboxylic acids is 1. The summed E-state index contributed by atoms with van der Waals surface area (Å²) in [6, 6.07) is 18.1. The number of fused-ring (bicyclic) bond motifs is 1. The predicted octanol–water partition coefficient (Wildman–Crippen LogP) is 6.14. The third-order valence-corrected chi connectivity index (χ3v) is 5.75. The number of anilines is 1. The molecule has 32 heavy (non-hydrogen) atoms. The van der Waals surface area contributed by atoms with Crippen LogP contribution < -0.4 is 10.1 Å². The van der Waals surface area contributed by atoms with Crippen molar-refractivity contribution in [1.82, 2.24) is 9.55 Å². The first kappa shape index (κ1) is 20.2. The summed E-state index contributed by atoms with van der Waals surface area (Å²) >= 11 is 0. The molecule has 0 atom stereocenters. The Morgan fingerprint density at radius 2 is 1.97 bits per heavy atom. The van der Waals surface area contributed by atoms with Crippen LogP contribution in [0, 0.1) is 12.7 Å². The lowest BCUT2D eigenvalue weighted by atomic mass is 10.1. The van der Waals surface area contributed by atoms with Crippen LogP contribution in [-0.4, -0.2) is 22.1 Å². The highest BCUT2D eigenvalue weighted by Crippen LogP contribution is 2.43. The highest BCUT2D eigenvalue weighted by atomic mass is 19.1. The zero-order valence-corrected chi connectivity index (χ0v) is 18.1. The van der Waals surface area contributed by atoms with Crippen molar-refractivity contribution < 1.29 is 13.9 Å². The smallest absolute Gasteiger partial charge is 0.259 e. The molecule has 1 aliphatic rings. The topological polar surface area (TPSA) is 56.1 Å². The quantitative estimate of drug-likeness (QED) is 0.401. The van der Waals surface area contributed by atoms with Crippen LogP contribution in [0.25, 0.3) is 22.4 Å². The molecule has 0 bridgehead atoms. The Bertz CT molecular complexity index is 1320. The van der Waals surface area contributed by atoms with Crippen LogP contribution in [0.4, 0.5) is 10.1 Å². The molecule has 0 radical (unpaired) electrons. The summed E-state index contributed by atoms with van der Waals surface area (Å²) in [6.45, 7) is 4.32. The fraction of sp³-hybridized carbons (Fsp3) is 0.231. The number of ether oxygens (including phenoxy) is 1. The highest BCUT2D eigenvalue weighted by molar-refractivity contribution is 6.08. The number of amides is 1. The van der Waals surface area contributed by atoms with Gasteiger partial charge in [0.25, 0.3) is 5.91 Å². The third-order valence-electron chi connectivity index (χ3n) is 5.75. The monoisotopic (exact) mass is 429 g/mol. The van der Waals surface area contributed by atoms with Crippen LogP contribution in [-0.2, 0) is 0 Å². The number of nitrogens with one attached hydrogen (secondary N) is 1. The second-order valence-electron chi connectivity index (χ2n) is 8.05. The summed E-state index contributed by atoms with van der Waals surface area (Å²) in [5.41, 5.74) is 4.43. The van der Waals surface area contributed by atoms with Crippen molar-refractivity contribution in [2.24, 2.45) is 0 Å². The standard InChI is InChI=1S/C26H24FN3O2/c1-3-32-23-10-5-4-8-19(23)26(31)29-24-16(2)7-6-9-20(24)25-28-21-15-17(27)11-14-22(21)30(25)18-12-13-18/h4-11,14-15,18H,3,12-13H2,1-2H3,(H,29,31). The van der Waals surface area contributed by atoms with Crippen molar-refractivity contribution in [3.63, 3.8) is 0 Å². The van der Waals surface area contributed by atoms with Crippen LogP contribution in [0.2, 0.25) is 0 Å².